The molecule has 2 aromatic rings. The minimum Gasteiger partial charge on any atom is -0.497 e. The van der Waals surface area contributed by atoms with Gasteiger partial charge in [0.15, 0.2) is 0 Å². The average molecular weight is 283 g/mol. The standard InChI is InChI=1S/C19H25NO/c1-4-18(13-16-9-6-5-7-10-16)20-15(2)17-11-8-12-19(14-17)21-3/h5-12,14-15,18,20H,4,13H2,1-3H3/t15-,18?/m0/s1. The van der Waals surface area contributed by atoms with E-state index in [9.17, 15) is 0 Å². The van der Waals surface area contributed by atoms with Gasteiger partial charge in [0.25, 0.3) is 0 Å². The number of hydrogen-bond acceptors (Lipinski definition) is 2. The first-order valence-electron chi connectivity index (χ1n) is 7.66. The van der Waals surface area contributed by atoms with Crippen LogP contribution in [-0.4, -0.2) is 13.2 Å². The van der Waals surface area contributed by atoms with Crippen LogP contribution in [0.5, 0.6) is 5.75 Å². The van der Waals surface area contributed by atoms with Gasteiger partial charge >= 0.3 is 0 Å². The third kappa shape index (κ3) is 4.61. The molecule has 1 unspecified atom stereocenters. The van der Waals surface area contributed by atoms with Crippen molar-refractivity contribution >= 4 is 0 Å². The fraction of sp³-hybridized carbons (Fsp3) is 0.368. The molecule has 0 saturated carbocycles. The van der Waals surface area contributed by atoms with Crippen LogP contribution in [0.25, 0.3) is 0 Å². The van der Waals surface area contributed by atoms with E-state index in [1.807, 2.05) is 12.1 Å². The van der Waals surface area contributed by atoms with Gasteiger partial charge < -0.3 is 10.1 Å². The third-order valence-corrected chi connectivity index (χ3v) is 3.90. The maximum absolute atomic E-state index is 5.30. The topological polar surface area (TPSA) is 21.3 Å². The molecule has 0 saturated heterocycles. The molecule has 2 heteroatoms. The Kier molecular flexibility index (Phi) is 5.82. The van der Waals surface area contributed by atoms with Gasteiger partial charge in [-0.1, -0.05) is 49.4 Å². The number of nitrogens with one attached hydrogen (secondary N) is 1. The lowest BCUT2D eigenvalue weighted by molar-refractivity contribution is 0.410. The summed E-state index contributed by atoms with van der Waals surface area (Å²) in [5.41, 5.74) is 2.65. The van der Waals surface area contributed by atoms with Crippen molar-refractivity contribution in [3.8, 4) is 5.75 Å². The number of hydrogen-bond donors (Lipinski definition) is 1. The number of methoxy groups -OCH3 is 1. The Hall–Kier alpha value is -1.80. The van der Waals surface area contributed by atoms with Gasteiger partial charge in [-0.3, -0.25) is 0 Å². The van der Waals surface area contributed by atoms with E-state index >= 15 is 0 Å². The molecule has 0 heterocycles. The highest BCUT2D eigenvalue weighted by Crippen LogP contribution is 2.20. The lowest BCUT2D eigenvalue weighted by Crippen LogP contribution is -2.32. The molecule has 1 N–H and O–H groups in total. The Morgan fingerprint density at radius 1 is 1.05 bits per heavy atom. The summed E-state index contributed by atoms with van der Waals surface area (Å²) in [6, 6.07) is 19.7. The fourth-order valence-electron chi connectivity index (χ4n) is 2.58. The van der Waals surface area contributed by atoms with E-state index in [4.69, 9.17) is 4.74 Å². The van der Waals surface area contributed by atoms with E-state index in [0.717, 1.165) is 18.6 Å². The van der Waals surface area contributed by atoms with Gasteiger partial charge in [0.1, 0.15) is 5.75 Å². The molecular weight excluding hydrogens is 258 g/mol. The van der Waals surface area contributed by atoms with Gasteiger partial charge in [-0.25, -0.2) is 0 Å². The van der Waals surface area contributed by atoms with Crippen LogP contribution in [0.1, 0.15) is 37.4 Å². The zero-order valence-electron chi connectivity index (χ0n) is 13.2. The van der Waals surface area contributed by atoms with Gasteiger partial charge in [-0.2, -0.15) is 0 Å². The number of rotatable bonds is 7. The smallest absolute Gasteiger partial charge is 0.119 e. The van der Waals surface area contributed by atoms with E-state index < -0.39 is 0 Å². The molecule has 0 radical (unpaired) electrons. The van der Waals surface area contributed by atoms with Crippen molar-refractivity contribution in [2.24, 2.45) is 0 Å². The van der Waals surface area contributed by atoms with Gasteiger partial charge in [0, 0.05) is 12.1 Å². The Morgan fingerprint density at radius 2 is 1.81 bits per heavy atom. The van der Waals surface area contributed by atoms with Crippen molar-refractivity contribution in [3.63, 3.8) is 0 Å². The fourth-order valence-corrected chi connectivity index (χ4v) is 2.58. The summed E-state index contributed by atoms with van der Waals surface area (Å²) in [6.45, 7) is 4.45. The minimum atomic E-state index is 0.314. The van der Waals surface area contributed by atoms with E-state index in [1.54, 1.807) is 7.11 Å². The molecule has 2 rings (SSSR count). The van der Waals surface area contributed by atoms with E-state index in [1.165, 1.54) is 11.1 Å². The summed E-state index contributed by atoms with van der Waals surface area (Å²) in [6.07, 6.45) is 2.18. The second kappa shape index (κ2) is 7.84. The van der Waals surface area contributed by atoms with Crippen molar-refractivity contribution in [2.75, 3.05) is 7.11 Å². The summed E-state index contributed by atoms with van der Waals surface area (Å²) >= 11 is 0. The zero-order valence-corrected chi connectivity index (χ0v) is 13.2. The first-order valence-corrected chi connectivity index (χ1v) is 7.66. The summed E-state index contributed by atoms with van der Waals surface area (Å²) in [7, 11) is 1.71. The molecule has 0 amide bonds. The molecule has 0 aromatic heterocycles. The van der Waals surface area contributed by atoms with Crippen LogP contribution in [0.3, 0.4) is 0 Å². The number of benzene rings is 2. The summed E-state index contributed by atoms with van der Waals surface area (Å²) in [4.78, 5) is 0. The Balaban J connectivity index is 2.00. The maximum atomic E-state index is 5.30. The first-order chi connectivity index (χ1) is 10.2. The Labute approximate surface area is 128 Å². The zero-order chi connectivity index (χ0) is 15.1. The summed E-state index contributed by atoms with van der Waals surface area (Å²) < 4.78 is 5.30. The lowest BCUT2D eigenvalue weighted by Gasteiger charge is -2.23. The van der Waals surface area contributed by atoms with Crippen LogP contribution in [0.4, 0.5) is 0 Å². The second-order valence-electron chi connectivity index (χ2n) is 5.46. The van der Waals surface area contributed by atoms with E-state index in [2.05, 4.69) is 61.6 Å². The van der Waals surface area contributed by atoms with Crippen LogP contribution in [0.15, 0.2) is 54.6 Å². The molecule has 0 aliphatic rings. The largest absolute Gasteiger partial charge is 0.497 e. The van der Waals surface area contributed by atoms with Crippen molar-refractivity contribution in [1.82, 2.24) is 5.32 Å². The molecule has 2 aromatic carbocycles. The van der Waals surface area contributed by atoms with E-state index in [-0.39, 0.29) is 0 Å². The SMILES string of the molecule is CCC(Cc1ccccc1)N[C@@H](C)c1cccc(OC)c1. The maximum Gasteiger partial charge on any atom is 0.119 e. The quantitative estimate of drug-likeness (QED) is 0.815. The first kappa shape index (κ1) is 15.6. The predicted molar refractivity (Wildman–Crippen MR) is 88.8 cm³/mol. The molecular formula is C19H25NO. The highest BCUT2D eigenvalue weighted by molar-refractivity contribution is 5.30. The van der Waals surface area contributed by atoms with Crippen molar-refractivity contribution in [3.05, 3.63) is 65.7 Å². The predicted octanol–water partition coefficient (Wildman–Crippen LogP) is 4.37. The third-order valence-electron chi connectivity index (χ3n) is 3.90. The normalized spacial score (nSPS) is 13.7. The van der Waals surface area contributed by atoms with Crippen LogP contribution in [0.2, 0.25) is 0 Å². The molecule has 112 valence electrons. The van der Waals surface area contributed by atoms with Gasteiger partial charge in [-0.05, 0) is 43.0 Å². The van der Waals surface area contributed by atoms with Crippen LogP contribution >= 0.6 is 0 Å². The van der Waals surface area contributed by atoms with Crippen LogP contribution < -0.4 is 10.1 Å². The minimum absolute atomic E-state index is 0.314. The van der Waals surface area contributed by atoms with Crippen LogP contribution in [-0.2, 0) is 6.42 Å². The molecule has 21 heavy (non-hydrogen) atoms. The molecule has 0 bridgehead atoms. The highest BCUT2D eigenvalue weighted by atomic mass is 16.5. The Bertz CT molecular complexity index is 538. The van der Waals surface area contributed by atoms with Crippen molar-refractivity contribution < 1.29 is 4.74 Å². The molecule has 0 spiro atoms. The molecule has 0 aliphatic heterocycles. The summed E-state index contributed by atoms with van der Waals surface area (Å²) in [5.74, 6) is 0.914. The molecule has 0 aliphatic carbocycles. The molecule has 2 nitrogen and oxygen atoms in total. The number of ether oxygens (including phenoxy) is 1. The molecule has 0 fully saturated rings. The van der Waals surface area contributed by atoms with Gasteiger partial charge in [-0.15, -0.1) is 0 Å². The van der Waals surface area contributed by atoms with Crippen LogP contribution in [0, 0.1) is 0 Å². The average Bonchev–Trinajstić information content (AvgIpc) is 2.55. The van der Waals surface area contributed by atoms with Gasteiger partial charge in [0.05, 0.1) is 7.11 Å². The van der Waals surface area contributed by atoms with Crippen molar-refractivity contribution in [1.29, 1.82) is 0 Å². The Morgan fingerprint density at radius 3 is 2.48 bits per heavy atom. The second-order valence-corrected chi connectivity index (χ2v) is 5.46. The summed E-state index contributed by atoms with van der Waals surface area (Å²) in [5, 5.41) is 3.73. The van der Waals surface area contributed by atoms with Crippen molar-refractivity contribution in [2.45, 2.75) is 38.8 Å². The van der Waals surface area contributed by atoms with E-state index in [0.29, 0.717) is 12.1 Å². The van der Waals surface area contributed by atoms with Gasteiger partial charge in [0.2, 0.25) is 0 Å². The molecule has 2 atom stereocenters. The lowest BCUT2D eigenvalue weighted by atomic mass is 10.0. The monoisotopic (exact) mass is 283 g/mol. The highest BCUT2D eigenvalue weighted by Gasteiger charge is 2.13.